The van der Waals surface area contributed by atoms with Crippen LogP contribution >= 0.6 is 11.3 Å². The monoisotopic (exact) mass is 379 g/mol. The van der Waals surface area contributed by atoms with E-state index < -0.39 is 0 Å². The summed E-state index contributed by atoms with van der Waals surface area (Å²) in [5.74, 6) is 1.09. The molecule has 7 heteroatoms. The van der Waals surface area contributed by atoms with E-state index in [0.29, 0.717) is 40.6 Å². The molecule has 2 heterocycles. The lowest BCUT2D eigenvalue weighted by Gasteiger charge is -2.07. The van der Waals surface area contributed by atoms with Crippen LogP contribution in [0.3, 0.4) is 0 Å². The molecule has 0 atom stereocenters. The number of nitrogens with zero attached hydrogens (tertiary/aromatic N) is 2. The fourth-order valence-electron chi connectivity index (χ4n) is 2.66. The van der Waals surface area contributed by atoms with Gasteiger partial charge in [0.25, 0.3) is 5.91 Å². The number of carbonyl (C=O) groups excluding carboxylic acids is 1. The zero-order valence-corrected chi connectivity index (χ0v) is 15.7. The van der Waals surface area contributed by atoms with Gasteiger partial charge in [0.05, 0.1) is 10.7 Å². The Morgan fingerprint density at radius 1 is 1.15 bits per heavy atom. The van der Waals surface area contributed by atoms with Crippen LogP contribution < -0.4 is 10.1 Å². The summed E-state index contributed by atoms with van der Waals surface area (Å²) >= 11 is 1.59. The van der Waals surface area contributed by atoms with E-state index in [1.165, 1.54) is 0 Å². The number of oxazole rings is 1. The Labute approximate surface area is 159 Å². The van der Waals surface area contributed by atoms with Crippen LogP contribution in [0.2, 0.25) is 0 Å². The van der Waals surface area contributed by atoms with Gasteiger partial charge in [0.1, 0.15) is 17.9 Å². The van der Waals surface area contributed by atoms with Crippen LogP contribution in [-0.2, 0) is 6.61 Å². The minimum atomic E-state index is -0.198. The number of carbonyl (C=O) groups is 1. The van der Waals surface area contributed by atoms with E-state index >= 15 is 0 Å². The highest BCUT2D eigenvalue weighted by Crippen LogP contribution is 2.21. The van der Waals surface area contributed by atoms with Gasteiger partial charge in [0.2, 0.25) is 0 Å². The molecule has 4 rings (SSSR count). The van der Waals surface area contributed by atoms with Crippen LogP contribution in [0.1, 0.15) is 27.0 Å². The average molecular weight is 379 g/mol. The Morgan fingerprint density at radius 3 is 2.70 bits per heavy atom. The number of aromatic nitrogens is 2. The van der Waals surface area contributed by atoms with Crippen molar-refractivity contribution in [2.24, 2.45) is 0 Å². The molecule has 0 saturated heterocycles. The molecule has 0 saturated carbocycles. The van der Waals surface area contributed by atoms with Crippen molar-refractivity contribution in [2.45, 2.75) is 20.5 Å². The molecule has 4 aromatic rings. The molecule has 2 aromatic heterocycles. The van der Waals surface area contributed by atoms with Crippen LogP contribution in [0.5, 0.6) is 5.75 Å². The van der Waals surface area contributed by atoms with Crippen molar-refractivity contribution >= 4 is 34.0 Å². The number of thiazole rings is 1. The Hall–Kier alpha value is -3.19. The Balaban J connectivity index is 1.40. The van der Waals surface area contributed by atoms with Crippen molar-refractivity contribution < 1.29 is 13.9 Å². The number of hydrogen-bond acceptors (Lipinski definition) is 6. The van der Waals surface area contributed by atoms with Crippen molar-refractivity contribution in [2.75, 3.05) is 5.32 Å². The van der Waals surface area contributed by atoms with E-state index in [4.69, 9.17) is 9.15 Å². The summed E-state index contributed by atoms with van der Waals surface area (Å²) in [6.07, 6.45) is 0. The van der Waals surface area contributed by atoms with Gasteiger partial charge in [0, 0.05) is 23.6 Å². The number of benzene rings is 2. The molecule has 0 radical (unpaired) electrons. The minimum absolute atomic E-state index is 0.198. The fourth-order valence-corrected chi connectivity index (χ4v) is 3.26. The smallest absolute Gasteiger partial charge is 0.255 e. The SMILES string of the molecule is Cc1nc2cc(NC(=O)c3ccc(OCc4csc(C)n4)cc3)ccc2o1. The van der Waals surface area contributed by atoms with Crippen LogP contribution in [-0.4, -0.2) is 15.9 Å². The molecule has 0 bridgehead atoms. The van der Waals surface area contributed by atoms with E-state index in [-0.39, 0.29) is 5.91 Å². The minimum Gasteiger partial charge on any atom is -0.487 e. The van der Waals surface area contributed by atoms with Crippen molar-refractivity contribution in [3.63, 3.8) is 0 Å². The number of hydrogen-bond donors (Lipinski definition) is 1. The van der Waals surface area contributed by atoms with Crippen LogP contribution in [0.25, 0.3) is 11.1 Å². The average Bonchev–Trinajstić information content (AvgIpc) is 3.24. The van der Waals surface area contributed by atoms with Gasteiger partial charge in [0.15, 0.2) is 11.5 Å². The fraction of sp³-hybridized carbons (Fsp3) is 0.150. The summed E-state index contributed by atoms with van der Waals surface area (Å²) in [7, 11) is 0. The third kappa shape index (κ3) is 3.98. The summed E-state index contributed by atoms with van der Waals surface area (Å²) in [6, 6.07) is 12.4. The number of aryl methyl sites for hydroxylation is 2. The topological polar surface area (TPSA) is 77.2 Å². The van der Waals surface area contributed by atoms with Crippen molar-refractivity contribution in [1.29, 1.82) is 0 Å². The number of nitrogens with one attached hydrogen (secondary N) is 1. The molecule has 1 N–H and O–H groups in total. The molecule has 0 fully saturated rings. The highest BCUT2D eigenvalue weighted by atomic mass is 32.1. The first kappa shape index (κ1) is 17.2. The number of amides is 1. The van der Waals surface area contributed by atoms with E-state index in [1.54, 1.807) is 60.7 Å². The lowest BCUT2D eigenvalue weighted by Crippen LogP contribution is -2.11. The molecular formula is C20H17N3O3S. The molecule has 0 aliphatic heterocycles. The predicted octanol–water partition coefficient (Wildman–Crippen LogP) is 4.73. The quantitative estimate of drug-likeness (QED) is 0.542. The van der Waals surface area contributed by atoms with Gasteiger partial charge in [-0.2, -0.15) is 0 Å². The van der Waals surface area contributed by atoms with Gasteiger partial charge in [-0.25, -0.2) is 9.97 Å². The van der Waals surface area contributed by atoms with E-state index in [0.717, 1.165) is 10.7 Å². The summed E-state index contributed by atoms with van der Waals surface area (Å²) in [4.78, 5) is 21.1. The predicted molar refractivity (Wildman–Crippen MR) is 104 cm³/mol. The Kier molecular flexibility index (Phi) is 4.60. The lowest BCUT2D eigenvalue weighted by molar-refractivity contribution is 0.102. The Morgan fingerprint density at radius 2 is 1.96 bits per heavy atom. The maximum Gasteiger partial charge on any atom is 0.255 e. The first-order valence-electron chi connectivity index (χ1n) is 8.39. The molecule has 1 amide bonds. The van der Waals surface area contributed by atoms with Gasteiger partial charge in [-0.1, -0.05) is 0 Å². The first-order chi connectivity index (χ1) is 13.1. The van der Waals surface area contributed by atoms with E-state index in [1.807, 2.05) is 12.3 Å². The van der Waals surface area contributed by atoms with Crippen molar-refractivity contribution in [3.8, 4) is 5.75 Å². The summed E-state index contributed by atoms with van der Waals surface area (Å²) in [6.45, 7) is 4.16. The third-order valence-corrected chi connectivity index (χ3v) is 4.74. The van der Waals surface area contributed by atoms with Crippen LogP contribution in [0.15, 0.2) is 52.3 Å². The second kappa shape index (κ2) is 7.20. The van der Waals surface area contributed by atoms with Gasteiger partial charge in [-0.3, -0.25) is 4.79 Å². The largest absolute Gasteiger partial charge is 0.487 e. The van der Waals surface area contributed by atoms with Gasteiger partial charge >= 0.3 is 0 Å². The zero-order chi connectivity index (χ0) is 18.8. The number of ether oxygens (including phenoxy) is 1. The molecule has 136 valence electrons. The molecule has 27 heavy (non-hydrogen) atoms. The second-order valence-electron chi connectivity index (χ2n) is 6.04. The highest BCUT2D eigenvalue weighted by Gasteiger charge is 2.09. The number of anilines is 1. The normalized spacial score (nSPS) is 10.9. The summed E-state index contributed by atoms with van der Waals surface area (Å²) < 4.78 is 11.1. The molecule has 0 aliphatic carbocycles. The number of fused-ring (bicyclic) bond motifs is 1. The molecule has 2 aromatic carbocycles. The van der Waals surface area contributed by atoms with Gasteiger partial charge < -0.3 is 14.5 Å². The van der Waals surface area contributed by atoms with Gasteiger partial charge in [-0.15, -0.1) is 11.3 Å². The van der Waals surface area contributed by atoms with E-state index in [9.17, 15) is 4.79 Å². The van der Waals surface area contributed by atoms with Crippen LogP contribution in [0, 0.1) is 13.8 Å². The summed E-state index contributed by atoms with van der Waals surface area (Å²) in [5, 5.41) is 5.86. The lowest BCUT2D eigenvalue weighted by atomic mass is 10.2. The third-order valence-electron chi connectivity index (χ3n) is 3.92. The van der Waals surface area contributed by atoms with Crippen LogP contribution in [0.4, 0.5) is 5.69 Å². The van der Waals surface area contributed by atoms with E-state index in [2.05, 4.69) is 15.3 Å². The highest BCUT2D eigenvalue weighted by molar-refractivity contribution is 7.09. The molecule has 6 nitrogen and oxygen atoms in total. The first-order valence-corrected chi connectivity index (χ1v) is 9.27. The van der Waals surface area contributed by atoms with Gasteiger partial charge in [-0.05, 0) is 49.4 Å². The second-order valence-corrected chi connectivity index (χ2v) is 7.10. The number of rotatable bonds is 5. The summed E-state index contributed by atoms with van der Waals surface area (Å²) in [5.41, 5.74) is 3.52. The Bertz CT molecular complexity index is 1100. The maximum atomic E-state index is 12.4. The van der Waals surface area contributed by atoms with Crippen molar-refractivity contribution in [3.05, 3.63) is 70.0 Å². The molecule has 0 unspecified atom stereocenters. The zero-order valence-electron chi connectivity index (χ0n) is 14.9. The molecule has 0 aliphatic rings. The maximum absolute atomic E-state index is 12.4. The molecular weight excluding hydrogens is 362 g/mol. The van der Waals surface area contributed by atoms with Crippen molar-refractivity contribution in [1.82, 2.24) is 9.97 Å². The standard InChI is InChI=1S/C20H17N3O3S/c1-12-21-18-9-15(5-8-19(18)26-12)23-20(24)14-3-6-17(7-4-14)25-10-16-11-27-13(2)22-16/h3-9,11H,10H2,1-2H3,(H,23,24). The molecule has 0 spiro atoms.